The average molecular weight is 769 g/mol. The number of carboxylic acid groups (broad SMARTS) is 2. The zero-order valence-corrected chi connectivity index (χ0v) is 32.2. The Kier molecular flexibility index (Phi) is 12.4. The van der Waals surface area contributed by atoms with Crippen LogP contribution >= 0.6 is 0 Å². The molecule has 5 rings (SSSR count). The Morgan fingerprint density at radius 2 is 1.02 bits per heavy atom. The standard InChI is InChI=1S/C42H52N6O8/c1-25(2)33(45-39(53)54)35(49)47-22-8-20-41(47,37(43)51)30-16-12-27(13-17-30)24-32(28-10-6-5-7-11-28)29-14-18-31(19-15-29)42(38(44)52)21-9-23-48(42)36(50)34(26(3)4)46-40(55)56/h5-7,10-19,25-26,32-34,45-46H,8-9,20-24H2,1-4H3,(H2,43,51)(H2,44,52)(H,53,54)(H,55,56)/t32?,33-,34-,41-,42-/m0/s1. The summed E-state index contributed by atoms with van der Waals surface area (Å²) in [5, 5.41) is 23.4. The first-order valence-corrected chi connectivity index (χ1v) is 19.0. The second kappa shape index (κ2) is 16.8. The van der Waals surface area contributed by atoms with E-state index in [1.54, 1.807) is 39.8 Å². The molecular weight excluding hydrogens is 716 g/mol. The van der Waals surface area contributed by atoms with E-state index >= 15 is 0 Å². The number of nitrogens with zero attached hydrogens (tertiary/aromatic N) is 2. The minimum atomic E-state index is -1.45. The predicted octanol–water partition coefficient (Wildman–Crippen LogP) is 4.25. The zero-order chi connectivity index (χ0) is 40.9. The zero-order valence-electron chi connectivity index (χ0n) is 32.2. The molecule has 2 saturated heterocycles. The van der Waals surface area contributed by atoms with Gasteiger partial charge in [0, 0.05) is 19.0 Å². The number of carbonyl (C=O) groups excluding carboxylic acids is 4. The van der Waals surface area contributed by atoms with Crippen molar-refractivity contribution in [1.82, 2.24) is 20.4 Å². The highest BCUT2D eigenvalue weighted by atomic mass is 16.4. The molecule has 0 saturated carbocycles. The number of rotatable bonds is 14. The van der Waals surface area contributed by atoms with Gasteiger partial charge in [0.05, 0.1) is 0 Å². The lowest BCUT2D eigenvalue weighted by Crippen LogP contribution is -2.59. The molecule has 0 bridgehead atoms. The van der Waals surface area contributed by atoms with Gasteiger partial charge in [-0.1, -0.05) is 107 Å². The third kappa shape index (κ3) is 7.91. The summed E-state index contributed by atoms with van der Waals surface area (Å²) >= 11 is 0. The molecule has 2 fully saturated rings. The van der Waals surface area contributed by atoms with Gasteiger partial charge in [-0.3, -0.25) is 19.2 Å². The van der Waals surface area contributed by atoms with Crippen LogP contribution < -0.4 is 22.1 Å². The number of nitrogens with two attached hydrogens (primary N) is 2. The van der Waals surface area contributed by atoms with Crippen LogP contribution in [0, 0.1) is 11.8 Å². The first kappa shape index (κ1) is 41.2. The van der Waals surface area contributed by atoms with Crippen LogP contribution in [0.4, 0.5) is 9.59 Å². The lowest BCUT2D eigenvalue weighted by atomic mass is 9.81. The van der Waals surface area contributed by atoms with Gasteiger partial charge in [-0.15, -0.1) is 0 Å². The van der Waals surface area contributed by atoms with Gasteiger partial charge in [-0.05, 0) is 71.8 Å². The summed E-state index contributed by atoms with van der Waals surface area (Å²) < 4.78 is 0. The molecule has 2 aliphatic heterocycles. The topological polar surface area (TPSA) is 225 Å². The molecule has 1 unspecified atom stereocenters. The van der Waals surface area contributed by atoms with Crippen molar-refractivity contribution < 1.29 is 39.0 Å². The van der Waals surface area contributed by atoms with Crippen molar-refractivity contribution >= 4 is 35.8 Å². The monoisotopic (exact) mass is 768 g/mol. The van der Waals surface area contributed by atoms with E-state index in [1.165, 1.54) is 9.80 Å². The summed E-state index contributed by atoms with van der Waals surface area (Å²) in [5.41, 5.74) is 13.2. The van der Waals surface area contributed by atoms with E-state index < -0.39 is 59.0 Å². The van der Waals surface area contributed by atoms with Crippen LogP contribution in [0.1, 0.15) is 87.1 Å². The van der Waals surface area contributed by atoms with Crippen LogP contribution in [-0.4, -0.2) is 81.0 Å². The number of benzene rings is 3. The maximum absolute atomic E-state index is 13.8. The van der Waals surface area contributed by atoms with Gasteiger partial charge in [-0.2, -0.15) is 0 Å². The van der Waals surface area contributed by atoms with Crippen molar-refractivity contribution in [2.45, 2.75) is 88.9 Å². The average Bonchev–Trinajstić information content (AvgIpc) is 3.82. The normalized spacial score (nSPS) is 21.0. The van der Waals surface area contributed by atoms with Crippen molar-refractivity contribution in [3.63, 3.8) is 0 Å². The fourth-order valence-electron chi connectivity index (χ4n) is 8.52. The van der Waals surface area contributed by atoms with Crippen molar-refractivity contribution in [3.8, 4) is 0 Å². The van der Waals surface area contributed by atoms with Gasteiger partial charge >= 0.3 is 12.2 Å². The van der Waals surface area contributed by atoms with Crippen LogP contribution in [0.2, 0.25) is 0 Å². The van der Waals surface area contributed by atoms with Crippen LogP contribution in [-0.2, 0) is 36.7 Å². The van der Waals surface area contributed by atoms with Gasteiger partial charge in [-0.25, -0.2) is 9.59 Å². The SMILES string of the molecule is CC(C)[C@H](NC(=O)O)C(=O)N1CCC[C@@]1(C(N)=O)c1ccc(CC(c2ccccc2)c2ccc([C@]3(C(N)=O)CCCN3C(=O)[C@@H](NC(=O)O)C(C)C)cc2)cc1. The summed E-state index contributed by atoms with van der Waals surface area (Å²) in [6.45, 7) is 7.43. The van der Waals surface area contributed by atoms with E-state index in [9.17, 15) is 39.0 Å². The maximum atomic E-state index is 13.8. The van der Waals surface area contributed by atoms with Crippen LogP contribution in [0.3, 0.4) is 0 Å². The van der Waals surface area contributed by atoms with Crippen LogP contribution in [0.15, 0.2) is 78.9 Å². The Labute approximate surface area is 326 Å². The quantitative estimate of drug-likeness (QED) is 0.139. The minimum absolute atomic E-state index is 0.157. The maximum Gasteiger partial charge on any atom is 0.405 e. The second-order valence-electron chi connectivity index (χ2n) is 15.5. The van der Waals surface area contributed by atoms with Crippen molar-refractivity contribution in [1.29, 1.82) is 0 Å². The van der Waals surface area contributed by atoms with E-state index in [0.29, 0.717) is 43.2 Å². The molecule has 0 aliphatic carbocycles. The molecule has 6 amide bonds. The van der Waals surface area contributed by atoms with Gasteiger partial charge < -0.3 is 42.1 Å². The van der Waals surface area contributed by atoms with E-state index in [4.69, 9.17) is 11.5 Å². The van der Waals surface area contributed by atoms with E-state index in [1.807, 2.05) is 66.7 Å². The number of hydrogen-bond acceptors (Lipinski definition) is 6. The third-order valence-corrected chi connectivity index (χ3v) is 11.4. The second-order valence-corrected chi connectivity index (χ2v) is 15.5. The van der Waals surface area contributed by atoms with Crippen LogP contribution in [0.5, 0.6) is 0 Å². The Morgan fingerprint density at radius 1 is 0.625 bits per heavy atom. The first-order valence-electron chi connectivity index (χ1n) is 19.0. The molecule has 56 heavy (non-hydrogen) atoms. The number of likely N-dealkylation sites (tertiary alicyclic amines) is 2. The lowest BCUT2D eigenvalue weighted by Gasteiger charge is -2.39. The Hall–Kier alpha value is -5.92. The smallest absolute Gasteiger partial charge is 0.405 e. The molecule has 0 spiro atoms. The Bertz CT molecular complexity index is 1940. The number of amides is 6. The summed E-state index contributed by atoms with van der Waals surface area (Å²) in [4.78, 5) is 80.1. The largest absolute Gasteiger partial charge is 0.465 e. The van der Waals surface area contributed by atoms with Crippen LogP contribution in [0.25, 0.3) is 0 Å². The highest BCUT2D eigenvalue weighted by Gasteiger charge is 2.53. The Balaban J connectivity index is 1.46. The molecule has 0 radical (unpaired) electrons. The molecule has 3 aromatic rings. The summed E-state index contributed by atoms with van der Waals surface area (Å²) in [5.74, 6) is -3.28. The molecule has 8 N–H and O–H groups in total. The summed E-state index contributed by atoms with van der Waals surface area (Å²) in [6.07, 6.45) is -0.506. The van der Waals surface area contributed by atoms with Gasteiger partial charge in [0.15, 0.2) is 0 Å². The molecule has 14 heteroatoms. The van der Waals surface area contributed by atoms with Gasteiger partial charge in [0.25, 0.3) is 0 Å². The van der Waals surface area contributed by atoms with E-state index in [0.717, 1.165) is 16.7 Å². The first-order chi connectivity index (χ1) is 26.5. The molecule has 2 heterocycles. The van der Waals surface area contributed by atoms with Crippen molar-refractivity contribution in [3.05, 3.63) is 107 Å². The van der Waals surface area contributed by atoms with Gasteiger partial charge in [0.1, 0.15) is 23.2 Å². The summed E-state index contributed by atoms with van der Waals surface area (Å²) in [7, 11) is 0. The van der Waals surface area contributed by atoms with E-state index in [2.05, 4.69) is 10.6 Å². The molecule has 2 aliphatic rings. The molecule has 5 atom stereocenters. The molecule has 0 aromatic heterocycles. The Morgan fingerprint density at radius 3 is 1.39 bits per heavy atom. The summed E-state index contributed by atoms with van der Waals surface area (Å²) in [6, 6.07) is 22.6. The fourth-order valence-corrected chi connectivity index (χ4v) is 8.52. The number of hydrogen-bond donors (Lipinski definition) is 6. The predicted molar refractivity (Wildman–Crippen MR) is 208 cm³/mol. The number of nitrogens with one attached hydrogen (secondary N) is 2. The fraction of sp³-hybridized carbons (Fsp3) is 0.429. The highest BCUT2D eigenvalue weighted by molar-refractivity contribution is 5.96. The highest BCUT2D eigenvalue weighted by Crippen LogP contribution is 2.42. The van der Waals surface area contributed by atoms with Gasteiger partial charge in [0.2, 0.25) is 23.6 Å². The molecular formula is C42H52N6O8. The van der Waals surface area contributed by atoms with E-state index in [-0.39, 0.29) is 30.8 Å². The molecule has 14 nitrogen and oxygen atoms in total. The lowest BCUT2D eigenvalue weighted by molar-refractivity contribution is -0.146. The number of carbonyl (C=O) groups is 6. The molecule has 3 aromatic carbocycles. The minimum Gasteiger partial charge on any atom is -0.465 e. The van der Waals surface area contributed by atoms with Crippen molar-refractivity contribution in [2.75, 3.05) is 13.1 Å². The number of primary amides is 2. The van der Waals surface area contributed by atoms with Crippen molar-refractivity contribution in [2.24, 2.45) is 23.3 Å². The molecule has 298 valence electrons. The third-order valence-electron chi connectivity index (χ3n) is 11.4.